The van der Waals surface area contributed by atoms with Crippen LogP contribution in [0.2, 0.25) is 0 Å². The average Bonchev–Trinajstić information content (AvgIpc) is 2.95. The fourth-order valence-corrected chi connectivity index (χ4v) is 2.72. The minimum absolute atomic E-state index is 0.0477. The molecule has 0 radical (unpaired) electrons. The molecule has 0 spiro atoms. The maximum absolute atomic E-state index is 12.2. The van der Waals surface area contributed by atoms with Crippen LogP contribution in [0.15, 0.2) is 30.9 Å². The number of aromatic nitrogens is 6. The summed E-state index contributed by atoms with van der Waals surface area (Å²) in [6.07, 6.45) is 4.93. The number of amides is 1. The highest BCUT2D eigenvalue weighted by Gasteiger charge is 2.34. The van der Waals surface area contributed by atoms with E-state index in [9.17, 15) is 4.79 Å². The Kier molecular flexibility index (Phi) is 3.52. The van der Waals surface area contributed by atoms with Crippen LogP contribution in [-0.4, -0.2) is 48.9 Å². The maximum atomic E-state index is 12.2. The van der Waals surface area contributed by atoms with Gasteiger partial charge in [-0.25, -0.2) is 14.6 Å². The Labute approximate surface area is 137 Å². The Morgan fingerprint density at radius 2 is 2.08 bits per heavy atom. The molecule has 1 aliphatic rings. The first-order chi connectivity index (χ1) is 11.7. The summed E-state index contributed by atoms with van der Waals surface area (Å²) < 4.78 is 1.61. The largest absolute Gasteiger partial charge is 0.353 e. The summed E-state index contributed by atoms with van der Waals surface area (Å²) in [5, 5.41) is 11.0. The van der Waals surface area contributed by atoms with E-state index in [1.54, 1.807) is 24.1 Å². The van der Waals surface area contributed by atoms with E-state index >= 15 is 0 Å². The predicted molar refractivity (Wildman–Crippen MR) is 85.9 cm³/mol. The van der Waals surface area contributed by atoms with Gasteiger partial charge in [0.1, 0.15) is 6.33 Å². The quantitative estimate of drug-likeness (QED) is 0.715. The molecule has 122 valence electrons. The summed E-state index contributed by atoms with van der Waals surface area (Å²) in [7, 11) is 1.79. The number of anilines is 1. The fourth-order valence-electron chi connectivity index (χ4n) is 2.72. The van der Waals surface area contributed by atoms with Crippen LogP contribution >= 0.6 is 0 Å². The van der Waals surface area contributed by atoms with Crippen LogP contribution in [0.1, 0.15) is 5.56 Å². The molecular formula is C15H16N8O. The Hall–Kier alpha value is -3.10. The lowest BCUT2D eigenvalue weighted by Gasteiger charge is -2.38. The van der Waals surface area contributed by atoms with E-state index < -0.39 is 0 Å². The number of aryl methyl sites for hydroxylation is 1. The van der Waals surface area contributed by atoms with E-state index in [4.69, 9.17) is 0 Å². The Bertz CT molecular complexity index is 872. The van der Waals surface area contributed by atoms with Crippen molar-refractivity contribution in [3.05, 3.63) is 36.4 Å². The van der Waals surface area contributed by atoms with Crippen molar-refractivity contribution in [3.63, 3.8) is 0 Å². The number of hydrogen-bond acceptors (Lipinski definition) is 7. The smallest absolute Gasteiger partial charge is 0.226 e. The molecule has 1 fully saturated rings. The Morgan fingerprint density at radius 3 is 2.88 bits per heavy atom. The highest BCUT2D eigenvalue weighted by atomic mass is 16.2. The number of nitrogens with zero attached hydrogens (tertiary/aromatic N) is 7. The number of carbonyl (C=O) groups excluding carboxylic acids is 1. The standard InChI is InChI=1S/C15H16N8O/c1-22-13-12(20-21-22)14(19-9-18-13)23-7-11(8-23)15(24)17-6-10-2-4-16-5-3-10/h2-5,9,11H,6-8H2,1H3,(H,17,24). The van der Waals surface area contributed by atoms with Gasteiger partial charge in [0.15, 0.2) is 17.0 Å². The molecule has 0 aliphatic carbocycles. The molecule has 9 nitrogen and oxygen atoms in total. The van der Waals surface area contributed by atoms with Gasteiger partial charge in [0.25, 0.3) is 0 Å². The molecule has 0 saturated carbocycles. The van der Waals surface area contributed by atoms with Gasteiger partial charge in [-0.1, -0.05) is 5.21 Å². The van der Waals surface area contributed by atoms with Crippen LogP contribution < -0.4 is 10.2 Å². The van der Waals surface area contributed by atoms with Gasteiger partial charge in [0.05, 0.1) is 5.92 Å². The number of carbonyl (C=O) groups is 1. The van der Waals surface area contributed by atoms with Crippen LogP contribution in [0.5, 0.6) is 0 Å². The zero-order valence-electron chi connectivity index (χ0n) is 13.1. The molecule has 3 aromatic heterocycles. The third kappa shape index (κ3) is 2.53. The second-order valence-corrected chi connectivity index (χ2v) is 5.76. The van der Waals surface area contributed by atoms with E-state index in [2.05, 4.69) is 30.6 Å². The molecule has 0 unspecified atom stereocenters. The molecule has 1 aliphatic heterocycles. The summed E-state index contributed by atoms with van der Waals surface area (Å²) in [6.45, 7) is 1.75. The van der Waals surface area contributed by atoms with Crippen molar-refractivity contribution < 1.29 is 4.79 Å². The highest BCUT2D eigenvalue weighted by Crippen LogP contribution is 2.27. The van der Waals surface area contributed by atoms with Crippen molar-refractivity contribution in [3.8, 4) is 0 Å². The monoisotopic (exact) mass is 324 g/mol. The zero-order valence-corrected chi connectivity index (χ0v) is 13.1. The lowest BCUT2D eigenvalue weighted by Crippen LogP contribution is -2.54. The topological polar surface area (TPSA) is 102 Å². The molecule has 3 aromatic rings. The highest BCUT2D eigenvalue weighted by molar-refractivity contribution is 5.86. The van der Waals surface area contributed by atoms with Crippen molar-refractivity contribution >= 4 is 22.9 Å². The minimum Gasteiger partial charge on any atom is -0.353 e. The van der Waals surface area contributed by atoms with E-state index in [-0.39, 0.29) is 11.8 Å². The van der Waals surface area contributed by atoms with E-state index in [1.165, 1.54) is 6.33 Å². The summed E-state index contributed by atoms with van der Waals surface area (Å²) in [6, 6.07) is 3.78. The molecule has 1 saturated heterocycles. The summed E-state index contributed by atoms with van der Waals surface area (Å²) in [5.41, 5.74) is 2.38. The van der Waals surface area contributed by atoms with Crippen molar-refractivity contribution in [2.75, 3.05) is 18.0 Å². The molecule has 1 amide bonds. The van der Waals surface area contributed by atoms with E-state index in [1.807, 2.05) is 17.0 Å². The van der Waals surface area contributed by atoms with Gasteiger partial charge in [-0.2, -0.15) is 0 Å². The molecule has 24 heavy (non-hydrogen) atoms. The molecule has 0 aromatic carbocycles. The minimum atomic E-state index is -0.0477. The normalized spacial score (nSPS) is 14.6. The third-order valence-electron chi connectivity index (χ3n) is 4.14. The first-order valence-corrected chi connectivity index (χ1v) is 7.64. The molecule has 4 heterocycles. The summed E-state index contributed by atoms with van der Waals surface area (Å²) >= 11 is 0. The molecule has 0 atom stereocenters. The number of fused-ring (bicyclic) bond motifs is 1. The number of nitrogens with one attached hydrogen (secondary N) is 1. The van der Waals surface area contributed by atoms with Gasteiger partial charge in [-0.3, -0.25) is 9.78 Å². The van der Waals surface area contributed by atoms with Crippen LogP contribution in [0.4, 0.5) is 5.82 Å². The Balaban J connectivity index is 1.38. The van der Waals surface area contributed by atoms with Gasteiger partial charge in [-0.15, -0.1) is 5.10 Å². The van der Waals surface area contributed by atoms with Crippen molar-refractivity contribution in [2.45, 2.75) is 6.54 Å². The lowest BCUT2D eigenvalue weighted by atomic mass is 9.99. The van der Waals surface area contributed by atoms with Crippen molar-refractivity contribution in [2.24, 2.45) is 13.0 Å². The van der Waals surface area contributed by atoms with Gasteiger partial charge < -0.3 is 10.2 Å². The lowest BCUT2D eigenvalue weighted by molar-refractivity contribution is -0.125. The zero-order chi connectivity index (χ0) is 16.5. The first-order valence-electron chi connectivity index (χ1n) is 7.64. The van der Waals surface area contributed by atoms with Crippen LogP contribution in [0.3, 0.4) is 0 Å². The SMILES string of the molecule is Cn1nnc2c(N3CC(C(=O)NCc4ccncc4)C3)ncnc21. The van der Waals surface area contributed by atoms with Crippen LogP contribution in [0.25, 0.3) is 11.2 Å². The van der Waals surface area contributed by atoms with Gasteiger partial charge in [-0.05, 0) is 17.7 Å². The van der Waals surface area contributed by atoms with Crippen LogP contribution in [-0.2, 0) is 18.4 Å². The molecule has 4 rings (SSSR count). The van der Waals surface area contributed by atoms with Crippen molar-refractivity contribution in [1.29, 1.82) is 0 Å². The number of hydrogen-bond donors (Lipinski definition) is 1. The van der Waals surface area contributed by atoms with E-state index in [0.29, 0.717) is 30.8 Å². The molecule has 1 N–H and O–H groups in total. The Morgan fingerprint density at radius 1 is 1.29 bits per heavy atom. The molecule has 0 bridgehead atoms. The number of pyridine rings is 1. The van der Waals surface area contributed by atoms with Gasteiger partial charge in [0, 0.05) is 39.1 Å². The average molecular weight is 324 g/mol. The van der Waals surface area contributed by atoms with Gasteiger partial charge in [0.2, 0.25) is 5.91 Å². The fraction of sp³-hybridized carbons (Fsp3) is 0.333. The van der Waals surface area contributed by atoms with Gasteiger partial charge >= 0.3 is 0 Å². The van der Waals surface area contributed by atoms with Crippen LogP contribution in [0, 0.1) is 5.92 Å². The molecular weight excluding hydrogens is 308 g/mol. The second-order valence-electron chi connectivity index (χ2n) is 5.76. The van der Waals surface area contributed by atoms with Crippen molar-refractivity contribution in [1.82, 2.24) is 35.3 Å². The predicted octanol–water partition coefficient (Wildman–Crippen LogP) is -0.0941. The van der Waals surface area contributed by atoms with E-state index in [0.717, 1.165) is 11.4 Å². The number of rotatable bonds is 4. The maximum Gasteiger partial charge on any atom is 0.226 e. The summed E-state index contributed by atoms with van der Waals surface area (Å²) in [4.78, 5) is 26.7. The summed E-state index contributed by atoms with van der Waals surface area (Å²) in [5.74, 6) is 0.729. The second kappa shape index (κ2) is 5.84. The molecule has 9 heteroatoms. The first kappa shape index (κ1) is 14.5. The third-order valence-corrected chi connectivity index (χ3v) is 4.14.